The number of aryl methyl sites for hydroxylation is 1. The van der Waals surface area contributed by atoms with Crippen LogP contribution in [0.3, 0.4) is 0 Å². The summed E-state index contributed by atoms with van der Waals surface area (Å²) in [6.45, 7) is 5.46. The van der Waals surface area contributed by atoms with Crippen molar-refractivity contribution in [1.29, 1.82) is 0 Å². The van der Waals surface area contributed by atoms with Gasteiger partial charge in [0, 0.05) is 6.42 Å². The third-order valence-electron chi connectivity index (χ3n) is 3.46. The van der Waals surface area contributed by atoms with E-state index in [0.717, 1.165) is 11.4 Å². The van der Waals surface area contributed by atoms with Crippen LogP contribution in [-0.4, -0.2) is 35.6 Å². The second-order valence-corrected chi connectivity index (χ2v) is 7.18. The van der Waals surface area contributed by atoms with Crippen molar-refractivity contribution in [3.05, 3.63) is 11.4 Å². The smallest absolute Gasteiger partial charge is 0.224 e. The Hall–Kier alpha value is -1.37. The highest BCUT2D eigenvalue weighted by Crippen LogP contribution is 2.29. The summed E-state index contributed by atoms with van der Waals surface area (Å²) in [6, 6.07) is -0.115. The van der Waals surface area contributed by atoms with Gasteiger partial charge in [0.25, 0.3) is 0 Å². The first-order chi connectivity index (χ1) is 8.84. The highest BCUT2D eigenvalue weighted by atomic mass is 32.2. The van der Waals surface area contributed by atoms with Crippen LogP contribution in [0.1, 0.15) is 37.2 Å². The van der Waals surface area contributed by atoms with Crippen LogP contribution in [0, 0.1) is 13.8 Å². The summed E-state index contributed by atoms with van der Waals surface area (Å²) >= 11 is 0. The van der Waals surface area contributed by atoms with Crippen molar-refractivity contribution >= 4 is 21.4 Å². The molecule has 1 amide bonds. The lowest BCUT2D eigenvalue weighted by molar-refractivity contribution is -0.115. The van der Waals surface area contributed by atoms with E-state index in [1.807, 2.05) is 13.8 Å². The zero-order valence-electron chi connectivity index (χ0n) is 11.4. The van der Waals surface area contributed by atoms with Gasteiger partial charge in [-0.25, -0.2) is 8.42 Å². The average molecular weight is 285 g/mol. The largest absolute Gasteiger partial charge is 0.323 e. The monoisotopic (exact) mass is 285 g/mol. The van der Waals surface area contributed by atoms with Gasteiger partial charge in [-0.15, -0.1) is 0 Å². The van der Waals surface area contributed by atoms with E-state index in [1.165, 1.54) is 0 Å². The van der Waals surface area contributed by atoms with E-state index in [0.29, 0.717) is 18.5 Å². The van der Waals surface area contributed by atoms with E-state index in [9.17, 15) is 13.2 Å². The summed E-state index contributed by atoms with van der Waals surface area (Å²) in [5.74, 6) is 0.285. The van der Waals surface area contributed by atoms with Crippen LogP contribution in [0.2, 0.25) is 0 Å². The fourth-order valence-corrected chi connectivity index (χ4v) is 4.09. The van der Waals surface area contributed by atoms with E-state index in [-0.39, 0.29) is 23.5 Å². The Morgan fingerprint density at radius 3 is 2.68 bits per heavy atom. The number of rotatable bonds is 3. The number of hydrogen-bond donors (Lipinski definition) is 1. The molecule has 7 heteroatoms. The molecule has 1 atom stereocenters. The van der Waals surface area contributed by atoms with Crippen molar-refractivity contribution in [2.24, 2.45) is 0 Å². The summed E-state index contributed by atoms with van der Waals surface area (Å²) in [5.41, 5.74) is 2.25. The first-order valence-electron chi connectivity index (χ1n) is 6.40. The number of amides is 1. The first-order valence-corrected chi connectivity index (χ1v) is 8.22. The normalized spacial score (nSPS) is 21.5. The summed E-state index contributed by atoms with van der Waals surface area (Å²) < 4.78 is 24.8. The third kappa shape index (κ3) is 2.80. The van der Waals surface area contributed by atoms with E-state index in [4.69, 9.17) is 0 Å². The Morgan fingerprint density at radius 2 is 2.16 bits per heavy atom. The van der Waals surface area contributed by atoms with Crippen LogP contribution in [0.4, 0.5) is 5.69 Å². The van der Waals surface area contributed by atoms with Crippen molar-refractivity contribution in [3.63, 3.8) is 0 Å². The number of carbonyl (C=O) groups is 1. The van der Waals surface area contributed by atoms with Gasteiger partial charge >= 0.3 is 0 Å². The number of carbonyl (C=O) groups excluding carboxylic acids is 1. The molecule has 19 heavy (non-hydrogen) atoms. The number of nitrogens with one attached hydrogen (secondary N) is 1. The molecule has 0 radical (unpaired) electrons. The van der Waals surface area contributed by atoms with Crippen LogP contribution in [0.25, 0.3) is 0 Å². The summed E-state index contributed by atoms with van der Waals surface area (Å²) in [5, 5.41) is 7.20. The van der Waals surface area contributed by atoms with Gasteiger partial charge < -0.3 is 5.32 Å². The second-order valence-electron chi connectivity index (χ2n) is 4.95. The summed E-state index contributed by atoms with van der Waals surface area (Å²) in [7, 11) is -2.94. The molecule has 1 fully saturated rings. The number of nitrogens with zero attached hydrogens (tertiary/aromatic N) is 2. The Morgan fingerprint density at radius 1 is 1.47 bits per heavy atom. The van der Waals surface area contributed by atoms with E-state index in [1.54, 1.807) is 11.6 Å². The molecule has 1 aromatic rings. The van der Waals surface area contributed by atoms with Crippen molar-refractivity contribution in [1.82, 2.24) is 9.78 Å². The molecule has 1 aliphatic heterocycles. The van der Waals surface area contributed by atoms with E-state index >= 15 is 0 Å². The number of anilines is 1. The molecule has 0 bridgehead atoms. The van der Waals surface area contributed by atoms with Crippen molar-refractivity contribution in [2.75, 3.05) is 16.8 Å². The van der Waals surface area contributed by atoms with Gasteiger partial charge in [0.05, 0.1) is 34.6 Å². The van der Waals surface area contributed by atoms with Crippen molar-refractivity contribution < 1.29 is 13.2 Å². The highest BCUT2D eigenvalue weighted by Gasteiger charge is 2.31. The molecule has 0 aliphatic carbocycles. The van der Waals surface area contributed by atoms with Crippen LogP contribution < -0.4 is 5.32 Å². The van der Waals surface area contributed by atoms with Gasteiger partial charge in [-0.1, -0.05) is 6.92 Å². The molecule has 1 aromatic heterocycles. The Bertz CT molecular complexity index is 604. The molecular formula is C12H19N3O3S. The van der Waals surface area contributed by atoms with Crippen LogP contribution >= 0.6 is 0 Å². The van der Waals surface area contributed by atoms with Crippen LogP contribution in [-0.2, 0) is 14.6 Å². The number of aromatic nitrogens is 2. The standard InChI is InChI=1S/C12H19N3O3S/c1-4-11(16)13-12-8(2)14-15(9(12)3)10-5-6-19(17,18)7-10/h10H,4-7H2,1-3H3,(H,13,16). The highest BCUT2D eigenvalue weighted by molar-refractivity contribution is 7.91. The van der Waals surface area contributed by atoms with Gasteiger partial charge in [-0.3, -0.25) is 9.48 Å². The second kappa shape index (κ2) is 4.96. The van der Waals surface area contributed by atoms with Crippen molar-refractivity contribution in [2.45, 2.75) is 39.7 Å². The topological polar surface area (TPSA) is 81.1 Å². The summed E-state index contributed by atoms with van der Waals surface area (Å²) in [4.78, 5) is 11.5. The molecule has 2 rings (SSSR count). The molecule has 1 N–H and O–H groups in total. The van der Waals surface area contributed by atoms with Gasteiger partial charge in [0.2, 0.25) is 5.91 Å². The fraction of sp³-hybridized carbons (Fsp3) is 0.667. The van der Waals surface area contributed by atoms with Gasteiger partial charge in [-0.2, -0.15) is 5.10 Å². The zero-order valence-corrected chi connectivity index (χ0v) is 12.2. The number of hydrogen-bond acceptors (Lipinski definition) is 4. The molecule has 1 saturated heterocycles. The maximum absolute atomic E-state index is 11.5. The molecule has 6 nitrogen and oxygen atoms in total. The number of sulfone groups is 1. The molecule has 0 aromatic carbocycles. The quantitative estimate of drug-likeness (QED) is 0.905. The Labute approximate surface area is 113 Å². The zero-order chi connectivity index (χ0) is 14.2. The van der Waals surface area contributed by atoms with E-state index < -0.39 is 9.84 Å². The lowest BCUT2D eigenvalue weighted by Gasteiger charge is -2.11. The van der Waals surface area contributed by atoms with E-state index in [2.05, 4.69) is 10.4 Å². The predicted octanol–water partition coefficient (Wildman–Crippen LogP) is 1.21. The third-order valence-corrected chi connectivity index (χ3v) is 5.22. The Kier molecular flexibility index (Phi) is 3.66. The van der Waals surface area contributed by atoms with Crippen molar-refractivity contribution in [3.8, 4) is 0 Å². The molecule has 1 aliphatic rings. The van der Waals surface area contributed by atoms with Gasteiger partial charge in [0.1, 0.15) is 0 Å². The molecule has 0 spiro atoms. The lowest BCUT2D eigenvalue weighted by atomic mass is 10.2. The average Bonchev–Trinajstić information content (AvgIpc) is 2.83. The minimum absolute atomic E-state index is 0.0650. The minimum Gasteiger partial charge on any atom is -0.323 e. The molecule has 0 saturated carbocycles. The molecule has 106 valence electrons. The molecule has 2 heterocycles. The van der Waals surface area contributed by atoms with Gasteiger partial charge in [0.15, 0.2) is 9.84 Å². The fourth-order valence-electron chi connectivity index (χ4n) is 2.40. The SMILES string of the molecule is CCC(=O)Nc1c(C)nn(C2CCS(=O)(=O)C2)c1C. The van der Waals surface area contributed by atoms with Gasteiger partial charge in [-0.05, 0) is 20.3 Å². The maximum atomic E-state index is 11.5. The lowest BCUT2D eigenvalue weighted by Crippen LogP contribution is -2.15. The summed E-state index contributed by atoms with van der Waals surface area (Å²) in [6.07, 6.45) is 0.993. The first kappa shape index (κ1) is 14.0. The molecule has 1 unspecified atom stereocenters. The van der Waals surface area contributed by atoms with Crippen LogP contribution in [0.5, 0.6) is 0 Å². The molecular weight excluding hydrogens is 266 g/mol. The maximum Gasteiger partial charge on any atom is 0.224 e. The minimum atomic E-state index is -2.94. The Balaban J connectivity index is 2.29. The van der Waals surface area contributed by atoms with Crippen LogP contribution in [0.15, 0.2) is 0 Å². The predicted molar refractivity (Wildman–Crippen MR) is 72.9 cm³/mol.